The fourth-order valence-corrected chi connectivity index (χ4v) is 3.98. The number of allylic oxidation sites excluding steroid dienone is 1. The van der Waals surface area contributed by atoms with E-state index < -0.39 is 16.7 Å². The lowest BCUT2D eigenvalue weighted by atomic mass is 9.85. The SMILES string of the molecule is NC1=C(C(=O)N/N=C/c2ccc(Cl)cc2)C(c2ccc(Cl)cc2)C([N+](=O)[O-])=C2NCCN12. The highest BCUT2D eigenvalue weighted by atomic mass is 35.5. The first-order chi connectivity index (χ1) is 15.4. The molecule has 32 heavy (non-hydrogen) atoms. The molecule has 1 unspecified atom stereocenters. The standard InChI is InChI=1S/C21H18Cl2N6O3/c22-14-5-1-12(2-6-14)11-26-27-21(30)17-16(13-3-7-15(23)8-4-13)18(29(31)32)20-25-9-10-28(20)19(17)24/h1-8,11,16,25H,9-10,24H2,(H,27,30)/b26-11+. The molecule has 11 heteroatoms. The third kappa shape index (κ3) is 4.12. The number of nitrogens with two attached hydrogens (primary N) is 1. The maximum Gasteiger partial charge on any atom is 0.298 e. The zero-order chi connectivity index (χ0) is 22.8. The summed E-state index contributed by atoms with van der Waals surface area (Å²) in [5.74, 6) is -1.23. The van der Waals surface area contributed by atoms with Gasteiger partial charge in [0.25, 0.3) is 11.6 Å². The summed E-state index contributed by atoms with van der Waals surface area (Å²) in [6.07, 6.45) is 1.44. The normalized spacial score (nSPS) is 18.1. The summed E-state index contributed by atoms with van der Waals surface area (Å²) in [7, 11) is 0. The highest BCUT2D eigenvalue weighted by Crippen LogP contribution is 2.41. The van der Waals surface area contributed by atoms with Gasteiger partial charge < -0.3 is 16.0 Å². The summed E-state index contributed by atoms with van der Waals surface area (Å²) < 4.78 is 0. The van der Waals surface area contributed by atoms with Gasteiger partial charge in [-0.2, -0.15) is 5.10 Å². The molecule has 0 radical (unpaired) electrons. The van der Waals surface area contributed by atoms with Crippen molar-refractivity contribution in [1.29, 1.82) is 0 Å². The van der Waals surface area contributed by atoms with E-state index in [2.05, 4.69) is 15.8 Å². The van der Waals surface area contributed by atoms with E-state index in [1.807, 2.05) is 0 Å². The molecule has 0 saturated carbocycles. The zero-order valence-electron chi connectivity index (χ0n) is 16.6. The summed E-state index contributed by atoms with van der Waals surface area (Å²) in [4.78, 5) is 26.3. The van der Waals surface area contributed by atoms with Crippen LogP contribution in [0.2, 0.25) is 10.0 Å². The fraction of sp³-hybridized carbons (Fsp3) is 0.143. The first-order valence-corrected chi connectivity index (χ1v) is 10.4. The molecule has 1 fully saturated rings. The van der Waals surface area contributed by atoms with Gasteiger partial charge in [0.15, 0.2) is 5.82 Å². The minimum Gasteiger partial charge on any atom is -0.385 e. The molecule has 0 bridgehead atoms. The first kappa shape index (κ1) is 21.7. The van der Waals surface area contributed by atoms with Crippen molar-refractivity contribution < 1.29 is 9.72 Å². The minimum absolute atomic E-state index is 0.0414. The zero-order valence-corrected chi connectivity index (χ0v) is 18.1. The number of hydrogen-bond acceptors (Lipinski definition) is 7. The van der Waals surface area contributed by atoms with Gasteiger partial charge >= 0.3 is 0 Å². The molecule has 2 aliphatic heterocycles. The summed E-state index contributed by atoms with van der Waals surface area (Å²) in [6.45, 7) is 0.862. The number of hydrogen-bond donors (Lipinski definition) is 3. The molecular weight excluding hydrogens is 455 g/mol. The molecule has 0 spiro atoms. The molecule has 2 heterocycles. The fourth-order valence-electron chi connectivity index (χ4n) is 3.72. The van der Waals surface area contributed by atoms with Crippen molar-refractivity contribution >= 4 is 35.3 Å². The largest absolute Gasteiger partial charge is 0.385 e. The average molecular weight is 473 g/mol. The van der Waals surface area contributed by atoms with Gasteiger partial charge in [-0.05, 0) is 35.4 Å². The Kier molecular flexibility index (Phi) is 6.02. The Morgan fingerprint density at radius 3 is 2.44 bits per heavy atom. The summed E-state index contributed by atoms with van der Waals surface area (Å²) in [5.41, 5.74) is 9.88. The van der Waals surface area contributed by atoms with Crippen LogP contribution in [0.3, 0.4) is 0 Å². The maximum absolute atomic E-state index is 13.2. The predicted octanol–water partition coefficient (Wildman–Crippen LogP) is 2.76. The number of carbonyl (C=O) groups excluding carboxylic acids is 1. The lowest BCUT2D eigenvalue weighted by Gasteiger charge is -2.30. The van der Waals surface area contributed by atoms with Gasteiger partial charge in [0.05, 0.1) is 16.7 Å². The Bertz CT molecular complexity index is 1160. The highest BCUT2D eigenvalue weighted by molar-refractivity contribution is 6.30. The number of nitrogens with zero attached hydrogens (tertiary/aromatic N) is 3. The molecule has 1 saturated heterocycles. The Morgan fingerprint density at radius 2 is 1.81 bits per heavy atom. The number of nitro groups is 1. The number of benzene rings is 2. The second kappa shape index (κ2) is 8.89. The van der Waals surface area contributed by atoms with E-state index in [-0.39, 0.29) is 22.9 Å². The van der Waals surface area contributed by atoms with Crippen molar-refractivity contribution in [1.82, 2.24) is 15.6 Å². The number of hydrazone groups is 1. The van der Waals surface area contributed by atoms with Gasteiger partial charge in [-0.15, -0.1) is 0 Å². The minimum atomic E-state index is -1.01. The van der Waals surface area contributed by atoms with Crippen LogP contribution in [-0.2, 0) is 4.79 Å². The molecule has 0 aliphatic carbocycles. The Labute approximate surface area is 193 Å². The second-order valence-electron chi connectivity index (χ2n) is 7.10. The molecule has 4 N–H and O–H groups in total. The van der Waals surface area contributed by atoms with Crippen LogP contribution in [0.4, 0.5) is 0 Å². The van der Waals surface area contributed by atoms with Crippen LogP contribution in [0.5, 0.6) is 0 Å². The lowest BCUT2D eigenvalue weighted by molar-refractivity contribution is -0.432. The van der Waals surface area contributed by atoms with E-state index in [1.54, 1.807) is 53.4 Å². The molecule has 1 amide bonds. The smallest absolute Gasteiger partial charge is 0.298 e. The van der Waals surface area contributed by atoms with E-state index in [0.29, 0.717) is 34.3 Å². The highest BCUT2D eigenvalue weighted by Gasteiger charge is 2.46. The van der Waals surface area contributed by atoms with Crippen LogP contribution in [0.25, 0.3) is 0 Å². The molecule has 2 aliphatic rings. The van der Waals surface area contributed by atoms with Crippen LogP contribution in [0.15, 0.2) is 76.5 Å². The number of carbonyl (C=O) groups is 1. The molecule has 2 aromatic rings. The third-order valence-electron chi connectivity index (χ3n) is 5.16. The monoisotopic (exact) mass is 472 g/mol. The number of nitrogens with one attached hydrogen (secondary N) is 2. The van der Waals surface area contributed by atoms with Crippen molar-refractivity contribution in [3.63, 3.8) is 0 Å². The molecule has 9 nitrogen and oxygen atoms in total. The second-order valence-corrected chi connectivity index (χ2v) is 7.98. The number of rotatable bonds is 5. The van der Waals surface area contributed by atoms with Crippen molar-refractivity contribution in [3.8, 4) is 0 Å². The van der Waals surface area contributed by atoms with Crippen LogP contribution < -0.4 is 16.5 Å². The average Bonchev–Trinajstić information content (AvgIpc) is 3.25. The lowest BCUT2D eigenvalue weighted by Crippen LogP contribution is -2.40. The van der Waals surface area contributed by atoms with Gasteiger partial charge in [0, 0.05) is 23.1 Å². The predicted molar refractivity (Wildman–Crippen MR) is 121 cm³/mol. The molecule has 4 rings (SSSR count). The Hall–Kier alpha value is -3.56. The van der Waals surface area contributed by atoms with Crippen LogP contribution in [0, 0.1) is 10.1 Å². The van der Waals surface area contributed by atoms with Gasteiger partial charge in [-0.3, -0.25) is 14.9 Å². The number of fused-ring (bicyclic) bond motifs is 1. The summed E-state index contributed by atoms with van der Waals surface area (Å²) >= 11 is 11.9. The molecule has 164 valence electrons. The van der Waals surface area contributed by atoms with Gasteiger partial charge in [0.2, 0.25) is 0 Å². The molecular formula is C21H18Cl2N6O3. The molecule has 1 atom stereocenters. The van der Waals surface area contributed by atoms with Gasteiger partial charge in [0.1, 0.15) is 11.7 Å². The van der Waals surface area contributed by atoms with Gasteiger partial charge in [-0.25, -0.2) is 5.43 Å². The van der Waals surface area contributed by atoms with E-state index >= 15 is 0 Å². The van der Waals surface area contributed by atoms with E-state index in [9.17, 15) is 14.9 Å². The van der Waals surface area contributed by atoms with Crippen LogP contribution in [0.1, 0.15) is 17.0 Å². The first-order valence-electron chi connectivity index (χ1n) is 9.61. The van der Waals surface area contributed by atoms with Crippen molar-refractivity contribution in [2.75, 3.05) is 13.1 Å². The summed E-state index contributed by atoms with van der Waals surface area (Å²) in [5, 5.41) is 20.1. The topological polar surface area (TPSA) is 126 Å². The van der Waals surface area contributed by atoms with Crippen molar-refractivity contribution in [2.24, 2.45) is 10.8 Å². The molecule has 0 aromatic heterocycles. The molecule has 2 aromatic carbocycles. The van der Waals surface area contributed by atoms with Crippen LogP contribution >= 0.6 is 23.2 Å². The van der Waals surface area contributed by atoms with E-state index in [4.69, 9.17) is 28.9 Å². The Balaban J connectivity index is 1.72. The number of amides is 1. The van der Waals surface area contributed by atoms with E-state index in [0.717, 1.165) is 0 Å². The Morgan fingerprint density at radius 1 is 1.19 bits per heavy atom. The number of halogens is 2. The summed E-state index contributed by atoms with van der Waals surface area (Å²) in [6, 6.07) is 13.4. The van der Waals surface area contributed by atoms with E-state index in [1.165, 1.54) is 6.21 Å². The maximum atomic E-state index is 13.2. The van der Waals surface area contributed by atoms with Crippen molar-refractivity contribution in [2.45, 2.75) is 5.92 Å². The van der Waals surface area contributed by atoms with Crippen molar-refractivity contribution in [3.05, 3.63) is 103 Å². The van der Waals surface area contributed by atoms with Crippen LogP contribution in [-0.4, -0.2) is 35.0 Å². The van der Waals surface area contributed by atoms with Gasteiger partial charge in [-0.1, -0.05) is 47.5 Å². The quantitative estimate of drug-likeness (QED) is 0.348. The third-order valence-corrected chi connectivity index (χ3v) is 5.67.